The van der Waals surface area contributed by atoms with Crippen LogP contribution in [0.1, 0.15) is 32.0 Å². The lowest BCUT2D eigenvalue weighted by molar-refractivity contribution is 0.0947. The number of aromatic nitrogens is 1. The first-order valence-corrected chi connectivity index (χ1v) is 10.6. The van der Waals surface area contributed by atoms with Gasteiger partial charge in [-0.25, -0.2) is 4.39 Å². The largest absolute Gasteiger partial charge is 0.497 e. The molecule has 0 aliphatic heterocycles. The number of carbonyl (C=O) groups excluding carboxylic acids is 2. The Labute approximate surface area is 195 Å². The fraction of sp³-hybridized carbons (Fsp3) is 0.154. The van der Waals surface area contributed by atoms with Crippen LogP contribution in [0.15, 0.2) is 60.7 Å². The fourth-order valence-corrected chi connectivity index (χ4v) is 3.68. The maximum atomic E-state index is 13.3. The molecule has 0 aliphatic rings. The van der Waals surface area contributed by atoms with E-state index in [9.17, 15) is 14.0 Å². The third-order valence-electron chi connectivity index (χ3n) is 5.45. The Morgan fingerprint density at radius 2 is 1.71 bits per heavy atom. The molecule has 3 aromatic carbocycles. The lowest BCUT2D eigenvalue weighted by Crippen LogP contribution is -2.25. The molecule has 7 nitrogen and oxygen atoms in total. The first kappa shape index (κ1) is 22.8. The number of fused-ring (bicyclic) bond motifs is 1. The van der Waals surface area contributed by atoms with Gasteiger partial charge in [0.1, 0.15) is 23.0 Å². The fourth-order valence-electron chi connectivity index (χ4n) is 3.68. The molecule has 4 rings (SSSR count). The summed E-state index contributed by atoms with van der Waals surface area (Å²) in [5, 5.41) is 6.38. The normalized spacial score (nSPS) is 10.7. The van der Waals surface area contributed by atoms with Gasteiger partial charge in [-0.1, -0.05) is 11.6 Å². The van der Waals surface area contributed by atoms with Crippen LogP contribution < -0.4 is 20.1 Å². The maximum absolute atomic E-state index is 13.3. The number of ether oxygens (including phenoxy) is 2. The molecule has 0 saturated carbocycles. The van der Waals surface area contributed by atoms with Gasteiger partial charge in [0.05, 0.1) is 19.9 Å². The lowest BCUT2D eigenvalue weighted by Gasteiger charge is -2.12. The van der Waals surface area contributed by atoms with Crippen molar-refractivity contribution in [1.29, 1.82) is 0 Å². The summed E-state index contributed by atoms with van der Waals surface area (Å²) in [5.74, 6) is -0.0528. The summed E-state index contributed by atoms with van der Waals surface area (Å²) in [6.07, 6.45) is 0. The van der Waals surface area contributed by atoms with Gasteiger partial charge in [0, 0.05) is 28.6 Å². The number of aromatic amines is 1. The minimum absolute atomic E-state index is 0.180. The summed E-state index contributed by atoms with van der Waals surface area (Å²) >= 11 is 0. The zero-order chi connectivity index (χ0) is 24.2. The summed E-state index contributed by atoms with van der Waals surface area (Å²) in [6, 6.07) is 16.2. The molecule has 0 fully saturated rings. The van der Waals surface area contributed by atoms with Crippen molar-refractivity contribution >= 4 is 28.4 Å². The molecule has 0 saturated heterocycles. The summed E-state index contributed by atoms with van der Waals surface area (Å²) in [7, 11) is 3.11. The molecule has 2 amide bonds. The molecule has 1 heterocycles. The van der Waals surface area contributed by atoms with E-state index in [4.69, 9.17) is 9.47 Å². The Morgan fingerprint density at radius 3 is 2.41 bits per heavy atom. The van der Waals surface area contributed by atoms with Gasteiger partial charge in [0.25, 0.3) is 11.8 Å². The van der Waals surface area contributed by atoms with Crippen LogP contribution in [0.5, 0.6) is 11.5 Å². The lowest BCUT2D eigenvalue weighted by atomic mass is 10.1. The third kappa shape index (κ3) is 4.71. The van der Waals surface area contributed by atoms with Crippen molar-refractivity contribution in [1.82, 2.24) is 10.3 Å². The van der Waals surface area contributed by atoms with Gasteiger partial charge < -0.3 is 25.1 Å². The summed E-state index contributed by atoms with van der Waals surface area (Å²) in [6.45, 7) is 2.10. The molecule has 3 N–H and O–H groups in total. The Hall–Kier alpha value is -4.33. The number of aryl methyl sites for hydroxylation is 1. The second-order valence-electron chi connectivity index (χ2n) is 7.75. The maximum Gasteiger partial charge on any atom is 0.270 e. The van der Waals surface area contributed by atoms with Crippen molar-refractivity contribution in [3.63, 3.8) is 0 Å². The van der Waals surface area contributed by atoms with E-state index in [1.165, 1.54) is 24.3 Å². The van der Waals surface area contributed by atoms with E-state index in [2.05, 4.69) is 15.6 Å². The predicted octanol–water partition coefficient (Wildman–Crippen LogP) is 4.81. The molecule has 174 valence electrons. The van der Waals surface area contributed by atoms with E-state index in [0.717, 1.165) is 11.1 Å². The highest BCUT2D eigenvalue weighted by atomic mass is 19.1. The number of amides is 2. The number of nitrogens with one attached hydrogen (secondary N) is 3. The molecule has 0 radical (unpaired) electrons. The zero-order valence-corrected chi connectivity index (χ0v) is 19.0. The van der Waals surface area contributed by atoms with E-state index in [-0.39, 0.29) is 17.8 Å². The second-order valence-corrected chi connectivity index (χ2v) is 7.75. The molecule has 0 spiro atoms. The number of rotatable bonds is 7. The van der Waals surface area contributed by atoms with E-state index < -0.39 is 17.6 Å². The van der Waals surface area contributed by atoms with Crippen LogP contribution in [0.25, 0.3) is 10.9 Å². The molecule has 0 aliphatic carbocycles. The smallest absolute Gasteiger partial charge is 0.270 e. The topological polar surface area (TPSA) is 92.4 Å². The van der Waals surface area contributed by atoms with Gasteiger partial charge >= 0.3 is 0 Å². The monoisotopic (exact) mass is 461 g/mol. The first-order chi connectivity index (χ1) is 16.4. The molecular weight excluding hydrogens is 437 g/mol. The minimum Gasteiger partial charge on any atom is -0.497 e. The Kier molecular flexibility index (Phi) is 6.49. The number of hydrogen-bond donors (Lipinski definition) is 3. The second kappa shape index (κ2) is 9.66. The molecule has 0 bridgehead atoms. The van der Waals surface area contributed by atoms with E-state index in [1.807, 2.05) is 25.1 Å². The Morgan fingerprint density at radius 1 is 0.941 bits per heavy atom. The van der Waals surface area contributed by atoms with Crippen LogP contribution in [0.4, 0.5) is 10.1 Å². The Bertz CT molecular complexity index is 1360. The van der Waals surface area contributed by atoms with Crippen molar-refractivity contribution in [3.8, 4) is 11.5 Å². The van der Waals surface area contributed by atoms with E-state index in [1.54, 1.807) is 32.4 Å². The van der Waals surface area contributed by atoms with Gasteiger partial charge in [-0.3, -0.25) is 9.59 Å². The van der Waals surface area contributed by atoms with Crippen molar-refractivity contribution in [2.24, 2.45) is 0 Å². The van der Waals surface area contributed by atoms with E-state index in [0.29, 0.717) is 28.1 Å². The average molecular weight is 461 g/mol. The number of anilines is 1. The molecule has 0 unspecified atom stereocenters. The molecular formula is C26H24FN3O4. The first-order valence-electron chi connectivity index (χ1n) is 10.6. The van der Waals surface area contributed by atoms with Gasteiger partial charge in [0.2, 0.25) is 0 Å². The van der Waals surface area contributed by atoms with Crippen molar-refractivity contribution in [3.05, 3.63) is 88.9 Å². The van der Waals surface area contributed by atoms with Crippen LogP contribution in [-0.4, -0.2) is 31.0 Å². The molecule has 34 heavy (non-hydrogen) atoms. The predicted molar refractivity (Wildman–Crippen MR) is 128 cm³/mol. The average Bonchev–Trinajstić information content (AvgIpc) is 3.20. The standard InChI is InChI=1S/C26H24FN3O4/c1-15-4-10-21-20(12-15)23(30-25(31)16-5-7-18(27)8-6-16)24(29-21)26(32)28-14-17-13-19(33-2)9-11-22(17)34-3/h4-13,29H,14H2,1-3H3,(H,28,32)(H,30,31). The number of H-pyrrole nitrogens is 1. The van der Waals surface area contributed by atoms with Gasteiger partial charge in [-0.05, 0) is 61.5 Å². The number of halogens is 1. The summed E-state index contributed by atoms with van der Waals surface area (Å²) in [5.41, 5.74) is 3.23. The van der Waals surface area contributed by atoms with Crippen LogP contribution >= 0.6 is 0 Å². The highest BCUT2D eigenvalue weighted by Crippen LogP contribution is 2.30. The number of benzene rings is 3. The molecule has 4 aromatic rings. The highest BCUT2D eigenvalue weighted by molar-refractivity contribution is 6.15. The van der Waals surface area contributed by atoms with Crippen LogP contribution in [0, 0.1) is 12.7 Å². The SMILES string of the molecule is COc1ccc(OC)c(CNC(=O)c2[nH]c3ccc(C)cc3c2NC(=O)c2ccc(F)cc2)c1. The van der Waals surface area contributed by atoms with Crippen LogP contribution in [0.2, 0.25) is 0 Å². The number of hydrogen-bond acceptors (Lipinski definition) is 4. The summed E-state index contributed by atoms with van der Waals surface area (Å²) in [4.78, 5) is 29.1. The minimum atomic E-state index is -0.453. The molecule has 8 heteroatoms. The quantitative estimate of drug-likeness (QED) is 0.368. The highest BCUT2D eigenvalue weighted by Gasteiger charge is 2.21. The van der Waals surface area contributed by atoms with Gasteiger partial charge in [0.15, 0.2) is 0 Å². The van der Waals surface area contributed by atoms with Crippen molar-refractivity contribution in [2.75, 3.05) is 19.5 Å². The number of methoxy groups -OCH3 is 2. The van der Waals surface area contributed by atoms with Crippen LogP contribution in [-0.2, 0) is 6.54 Å². The molecule has 0 atom stereocenters. The van der Waals surface area contributed by atoms with E-state index >= 15 is 0 Å². The van der Waals surface area contributed by atoms with Gasteiger partial charge in [-0.15, -0.1) is 0 Å². The molecule has 1 aromatic heterocycles. The number of carbonyl (C=O) groups is 2. The zero-order valence-electron chi connectivity index (χ0n) is 19.0. The van der Waals surface area contributed by atoms with Crippen molar-refractivity contribution in [2.45, 2.75) is 13.5 Å². The van der Waals surface area contributed by atoms with Crippen molar-refractivity contribution < 1.29 is 23.5 Å². The summed E-state index contributed by atoms with van der Waals surface area (Å²) < 4.78 is 23.9. The Balaban J connectivity index is 1.65. The van der Waals surface area contributed by atoms with Gasteiger partial charge in [-0.2, -0.15) is 0 Å². The third-order valence-corrected chi connectivity index (χ3v) is 5.45. The van der Waals surface area contributed by atoms with Crippen LogP contribution in [0.3, 0.4) is 0 Å².